The molecule has 0 spiro atoms. The number of rotatable bonds is 5. The van der Waals surface area contributed by atoms with E-state index in [1.165, 1.54) is 6.07 Å². The molecule has 10 heteroatoms. The molecular weight excluding hydrogens is 377 g/mol. The maximum Gasteiger partial charge on any atom is 0.415 e. The number of alkyl halides is 3. The number of fused-ring (bicyclic) bond motifs is 1. The third kappa shape index (κ3) is 3.48. The second-order valence-electron chi connectivity index (χ2n) is 5.95. The number of halogens is 3. The van der Waals surface area contributed by atoms with Gasteiger partial charge in [-0.05, 0) is 24.3 Å². The molecule has 1 unspecified atom stereocenters. The molecule has 0 saturated carbocycles. The number of aromatic nitrogens is 3. The summed E-state index contributed by atoms with van der Waals surface area (Å²) in [5, 5.41) is 1.88. The molecule has 1 amide bonds. The Bertz CT molecular complexity index is 1100. The van der Waals surface area contributed by atoms with Gasteiger partial charge in [0.05, 0.1) is 23.6 Å². The van der Waals surface area contributed by atoms with Crippen molar-refractivity contribution < 1.29 is 26.8 Å². The standard InChI is InChI=1S/C18H13F3N4O3/c19-18(20,21)16(14-6-3-7-27-14)24-17(26)12-9-28-15(23-12)8-25-10-22-11-4-1-2-5-13(11)25/h1-7,9-10,16H,8H2,(H,24,26). The van der Waals surface area contributed by atoms with E-state index < -0.39 is 23.9 Å². The van der Waals surface area contributed by atoms with Gasteiger partial charge in [-0.15, -0.1) is 0 Å². The number of nitrogens with zero attached hydrogens (tertiary/aromatic N) is 3. The van der Waals surface area contributed by atoms with E-state index in [0.717, 1.165) is 29.6 Å². The van der Waals surface area contributed by atoms with Crippen molar-refractivity contribution in [2.24, 2.45) is 0 Å². The Morgan fingerprint density at radius 1 is 1.18 bits per heavy atom. The molecule has 0 aliphatic carbocycles. The van der Waals surface area contributed by atoms with E-state index in [1.807, 2.05) is 29.6 Å². The van der Waals surface area contributed by atoms with E-state index in [2.05, 4.69) is 9.97 Å². The number of oxazole rings is 1. The fraction of sp³-hybridized carbons (Fsp3) is 0.167. The molecule has 28 heavy (non-hydrogen) atoms. The maximum atomic E-state index is 13.2. The molecule has 0 saturated heterocycles. The summed E-state index contributed by atoms with van der Waals surface area (Å²) in [7, 11) is 0. The van der Waals surface area contributed by atoms with E-state index in [0.29, 0.717) is 0 Å². The highest BCUT2D eigenvalue weighted by Crippen LogP contribution is 2.33. The summed E-state index contributed by atoms with van der Waals surface area (Å²) in [5.41, 5.74) is 1.35. The van der Waals surface area contributed by atoms with E-state index in [9.17, 15) is 18.0 Å². The molecule has 3 aromatic heterocycles. The van der Waals surface area contributed by atoms with Gasteiger partial charge in [0.2, 0.25) is 5.89 Å². The van der Waals surface area contributed by atoms with Crippen LogP contribution in [0.4, 0.5) is 13.2 Å². The Morgan fingerprint density at radius 3 is 2.75 bits per heavy atom. The first kappa shape index (κ1) is 17.8. The zero-order valence-corrected chi connectivity index (χ0v) is 14.2. The lowest BCUT2D eigenvalue weighted by Gasteiger charge is -2.18. The Morgan fingerprint density at radius 2 is 2.00 bits per heavy atom. The van der Waals surface area contributed by atoms with E-state index in [1.54, 1.807) is 10.9 Å². The Kier molecular flexibility index (Phi) is 4.38. The molecule has 0 bridgehead atoms. The van der Waals surface area contributed by atoms with Crippen molar-refractivity contribution >= 4 is 16.9 Å². The number of hydrogen-bond acceptors (Lipinski definition) is 5. The van der Waals surface area contributed by atoms with Crippen molar-refractivity contribution in [2.75, 3.05) is 0 Å². The van der Waals surface area contributed by atoms with Gasteiger partial charge in [-0.2, -0.15) is 13.2 Å². The highest BCUT2D eigenvalue weighted by molar-refractivity contribution is 5.92. The minimum Gasteiger partial charge on any atom is -0.467 e. The lowest BCUT2D eigenvalue weighted by Crippen LogP contribution is -2.38. The third-order valence-electron chi connectivity index (χ3n) is 4.05. The van der Waals surface area contributed by atoms with Crippen molar-refractivity contribution in [3.05, 3.63) is 72.6 Å². The van der Waals surface area contributed by atoms with E-state index in [-0.39, 0.29) is 18.1 Å². The number of furan rings is 1. The summed E-state index contributed by atoms with van der Waals surface area (Å²) in [6.07, 6.45) is -1.02. The average molecular weight is 390 g/mol. The van der Waals surface area contributed by atoms with Crippen molar-refractivity contribution in [3.63, 3.8) is 0 Å². The van der Waals surface area contributed by atoms with Crippen molar-refractivity contribution in [1.82, 2.24) is 19.9 Å². The van der Waals surface area contributed by atoms with Crippen LogP contribution in [-0.2, 0) is 6.54 Å². The van der Waals surface area contributed by atoms with Crippen LogP contribution in [-0.4, -0.2) is 26.6 Å². The summed E-state index contributed by atoms with van der Waals surface area (Å²) >= 11 is 0. The smallest absolute Gasteiger partial charge is 0.415 e. The van der Waals surface area contributed by atoms with Crippen LogP contribution in [0.3, 0.4) is 0 Å². The van der Waals surface area contributed by atoms with Crippen LogP contribution in [0.1, 0.15) is 28.2 Å². The number of carbonyl (C=O) groups is 1. The number of hydrogen-bond donors (Lipinski definition) is 1. The van der Waals surface area contributed by atoms with Crippen molar-refractivity contribution in [1.29, 1.82) is 0 Å². The molecule has 1 atom stereocenters. The minimum atomic E-state index is -4.73. The topological polar surface area (TPSA) is 86.1 Å². The van der Waals surface area contributed by atoms with Gasteiger partial charge in [-0.25, -0.2) is 9.97 Å². The molecular formula is C18H13F3N4O3. The molecule has 4 aromatic rings. The van der Waals surface area contributed by atoms with Gasteiger partial charge in [-0.3, -0.25) is 4.79 Å². The van der Waals surface area contributed by atoms with Crippen LogP contribution in [0.5, 0.6) is 0 Å². The molecule has 7 nitrogen and oxygen atoms in total. The Balaban J connectivity index is 1.51. The van der Waals surface area contributed by atoms with Crippen LogP contribution in [0.25, 0.3) is 11.0 Å². The predicted molar refractivity (Wildman–Crippen MR) is 90.3 cm³/mol. The first-order chi connectivity index (χ1) is 13.4. The second kappa shape index (κ2) is 6.87. The SMILES string of the molecule is O=C(NC(c1ccco1)C(F)(F)F)c1coc(Cn2cnc3ccccc32)n1. The molecule has 1 aromatic carbocycles. The first-order valence-corrected chi connectivity index (χ1v) is 8.17. The zero-order valence-electron chi connectivity index (χ0n) is 14.2. The molecule has 1 N–H and O–H groups in total. The van der Waals surface area contributed by atoms with Gasteiger partial charge in [-0.1, -0.05) is 12.1 Å². The second-order valence-corrected chi connectivity index (χ2v) is 5.95. The maximum absolute atomic E-state index is 13.2. The predicted octanol–water partition coefficient (Wildman–Crippen LogP) is 3.70. The van der Waals surface area contributed by atoms with E-state index >= 15 is 0 Å². The molecule has 0 fully saturated rings. The number of nitrogens with one attached hydrogen (secondary N) is 1. The quantitative estimate of drug-likeness (QED) is 0.562. The van der Waals surface area contributed by atoms with Gasteiger partial charge >= 0.3 is 6.18 Å². The van der Waals surface area contributed by atoms with Crippen molar-refractivity contribution in [3.8, 4) is 0 Å². The molecule has 0 radical (unpaired) electrons. The third-order valence-corrected chi connectivity index (χ3v) is 4.05. The van der Waals surface area contributed by atoms with Gasteiger partial charge in [0, 0.05) is 0 Å². The Labute approximate surface area is 155 Å². The average Bonchev–Trinajstić information content (AvgIpc) is 3.40. The first-order valence-electron chi connectivity index (χ1n) is 8.17. The van der Waals surface area contributed by atoms with Crippen LogP contribution in [0, 0.1) is 0 Å². The van der Waals surface area contributed by atoms with Gasteiger partial charge in [0.25, 0.3) is 5.91 Å². The normalized spacial score (nSPS) is 13.0. The fourth-order valence-corrected chi connectivity index (χ4v) is 2.74. The number of amides is 1. The summed E-state index contributed by atoms with van der Waals surface area (Å²) in [6, 6.07) is 7.56. The van der Waals surface area contributed by atoms with Gasteiger partial charge in [0.1, 0.15) is 18.6 Å². The Hall–Kier alpha value is -3.56. The molecule has 4 rings (SSSR count). The molecule has 144 valence electrons. The highest BCUT2D eigenvalue weighted by Gasteiger charge is 2.44. The monoisotopic (exact) mass is 390 g/mol. The lowest BCUT2D eigenvalue weighted by molar-refractivity contribution is -0.159. The summed E-state index contributed by atoms with van der Waals surface area (Å²) < 4.78 is 51.5. The van der Waals surface area contributed by atoms with Crippen LogP contribution >= 0.6 is 0 Å². The summed E-state index contributed by atoms with van der Waals surface area (Å²) in [6.45, 7) is 0.175. The van der Waals surface area contributed by atoms with Gasteiger partial charge < -0.3 is 18.7 Å². The van der Waals surface area contributed by atoms with Gasteiger partial charge in [0.15, 0.2) is 11.7 Å². The van der Waals surface area contributed by atoms with Crippen LogP contribution in [0.2, 0.25) is 0 Å². The fourth-order valence-electron chi connectivity index (χ4n) is 2.74. The number of imidazole rings is 1. The lowest BCUT2D eigenvalue weighted by atomic mass is 10.2. The molecule has 0 aliphatic rings. The van der Waals surface area contributed by atoms with E-state index in [4.69, 9.17) is 8.83 Å². The summed E-state index contributed by atoms with van der Waals surface area (Å²) in [5.74, 6) is -1.28. The van der Waals surface area contributed by atoms with Crippen LogP contribution < -0.4 is 5.32 Å². The largest absolute Gasteiger partial charge is 0.467 e. The molecule has 3 heterocycles. The van der Waals surface area contributed by atoms with Crippen LogP contribution in [0.15, 0.2) is 64.1 Å². The summed E-state index contributed by atoms with van der Waals surface area (Å²) in [4.78, 5) is 20.4. The zero-order chi connectivity index (χ0) is 19.7. The number of carbonyl (C=O) groups excluding carboxylic acids is 1. The number of benzene rings is 1. The van der Waals surface area contributed by atoms with Crippen molar-refractivity contribution in [2.45, 2.75) is 18.8 Å². The minimum absolute atomic E-state index is 0.162. The highest BCUT2D eigenvalue weighted by atomic mass is 19.4. The molecule has 0 aliphatic heterocycles. The number of para-hydroxylation sites is 2.